The molecule has 4 heteroatoms. The summed E-state index contributed by atoms with van der Waals surface area (Å²) in [6, 6.07) is 10.7. The molecule has 0 aromatic heterocycles. The van der Waals surface area contributed by atoms with E-state index >= 15 is 0 Å². The van der Waals surface area contributed by atoms with E-state index in [2.05, 4.69) is 5.32 Å². The predicted octanol–water partition coefficient (Wildman–Crippen LogP) is 4.79. The number of nitrogens with one attached hydrogen (secondary N) is 1. The van der Waals surface area contributed by atoms with Gasteiger partial charge < -0.3 is 5.32 Å². The van der Waals surface area contributed by atoms with E-state index in [1.165, 1.54) is 18.2 Å². The van der Waals surface area contributed by atoms with Gasteiger partial charge in [0.1, 0.15) is 5.82 Å². The van der Waals surface area contributed by atoms with Gasteiger partial charge in [0.25, 0.3) is 0 Å². The minimum atomic E-state index is -0.498. The maximum atomic E-state index is 13.7. The Morgan fingerprint density at radius 1 is 1.11 bits per heavy atom. The van der Waals surface area contributed by atoms with Gasteiger partial charge in [0.2, 0.25) is 0 Å². The molecule has 0 aliphatic rings. The molecule has 0 aliphatic heterocycles. The molecule has 1 unspecified atom stereocenters. The number of hydrogen-bond donors (Lipinski definition) is 1. The fraction of sp³-hybridized carbons (Fsp3) is 0.143. The molecule has 0 heterocycles. The molecule has 1 N–H and O–H groups in total. The molecule has 0 saturated carbocycles. The molecule has 0 amide bonds. The molecule has 94 valence electrons. The smallest absolute Gasteiger partial charge is 0.164 e. The summed E-state index contributed by atoms with van der Waals surface area (Å²) in [7, 11) is 0. The number of hydrogen-bond acceptors (Lipinski definition) is 1. The Bertz CT molecular complexity index is 557. The lowest BCUT2D eigenvalue weighted by Gasteiger charge is -2.16. The first-order valence-electron chi connectivity index (χ1n) is 5.54. The summed E-state index contributed by atoms with van der Waals surface area (Å²) in [5, 5.41) is 3.03. The number of rotatable bonds is 3. The van der Waals surface area contributed by atoms with Crippen molar-refractivity contribution in [3.63, 3.8) is 0 Å². The zero-order valence-corrected chi connectivity index (χ0v) is 10.5. The van der Waals surface area contributed by atoms with E-state index in [4.69, 9.17) is 11.6 Å². The topological polar surface area (TPSA) is 12.0 Å². The van der Waals surface area contributed by atoms with Crippen LogP contribution in [0.2, 0.25) is 5.02 Å². The van der Waals surface area contributed by atoms with Gasteiger partial charge in [-0.3, -0.25) is 0 Å². The fourth-order valence-electron chi connectivity index (χ4n) is 1.71. The van der Waals surface area contributed by atoms with Gasteiger partial charge in [-0.1, -0.05) is 29.8 Å². The van der Waals surface area contributed by atoms with E-state index in [-0.39, 0.29) is 16.9 Å². The molecular formula is C14H12ClF2N. The van der Waals surface area contributed by atoms with E-state index in [0.717, 1.165) is 5.56 Å². The molecule has 1 atom stereocenters. The van der Waals surface area contributed by atoms with E-state index in [0.29, 0.717) is 5.69 Å². The lowest BCUT2D eigenvalue weighted by molar-refractivity contribution is 0.621. The lowest BCUT2D eigenvalue weighted by atomic mass is 10.1. The molecule has 2 aromatic carbocycles. The molecule has 2 rings (SSSR count). The second-order valence-electron chi connectivity index (χ2n) is 4.02. The Kier molecular flexibility index (Phi) is 3.82. The van der Waals surface area contributed by atoms with Gasteiger partial charge in [-0.15, -0.1) is 0 Å². The second kappa shape index (κ2) is 5.36. The fourth-order valence-corrected chi connectivity index (χ4v) is 1.88. The highest BCUT2D eigenvalue weighted by molar-refractivity contribution is 6.31. The molecule has 0 spiro atoms. The van der Waals surface area contributed by atoms with Gasteiger partial charge in [-0.25, -0.2) is 8.78 Å². The van der Waals surface area contributed by atoms with Gasteiger partial charge in [-0.05, 0) is 36.8 Å². The molecule has 0 fully saturated rings. The molecule has 0 radical (unpaired) electrons. The quantitative estimate of drug-likeness (QED) is 0.843. The summed E-state index contributed by atoms with van der Waals surface area (Å²) < 4.78 is 26.8. The summed E-state index contributed by atoms with van der Waals surface area (Å²) in [4.78, 5) is 0. The van der Waals surface area contributed by atoms with Gasteiger partial charge in [-0.2, -0.15) is 0 Å². The Labute approximate surface area is 109 Å². The van der Waals surface area contributed by atoms with Gasteiger partial charge in [0, 0.05) is 6.04 Å². The zero-order valence-electron chi connectivity index (χ0n) is 9.75. The maximum absolute atomic E-state index is 13.7. The minimum Gasteiger partial charge on any atom is -0.376 e. The van der Waals surface area contributed by atoms with Crippen molar-refractivity contribution in [3.8, 4) is 0 Å². The average Bonchev–Trinajstić information content (AvgIpc) is 2.35. The summed E-state index contributed by atoms with van der Waals surface area (Å²) in [5.41, 5.74) is 1.05. The van der Waals surface area contributed by atoms with Crippen LogP contribution in [0.5, 0.6) is 0 Å². The van der Waals surface area contributed by atoms with Gasteiger partial charge in [0.15, 0.2) is 5.82 Å². The standard InChI is InChI=1S/C14H12ClF2N/c1-9(10-4-2-5-11(16)8-10)18-13-7-3-6-12(15)14(13)17/h2-9,18H,1H3. The van der Waals surface area contributed by atoms with Crippen LogP contribution in [0.25, 0.3) is 0 Å². The van der Waals surface area contributed by atoms with Crippen molar-refractivity contribution in [3.05, 3.63) is 64.7 Å². The first-order valence-corrected chi connectivity index (χ1v) is 5.91. The SMILES string of the molecule is CC(Nc1cccc(Cl)c1F)c1cccc(F)c1. The molecule has 0 bridgehead atoms. The second-order valence-corrected chi connectivity index (χ2v) is 4.43. The molecule has 1 nitrogen and oxygen atoms in total. The van der Waals surface area contributed by atoms with Crippen LogP contribution < -0.4 is 5.32 Å². The van der Waals surface area contributed by atoms with Crippen molar-refractivity contribution in [2.75, 3.05) is 5.32 Å². The summed E-state index contributed by atoms with van der Waals surface area (Å²) >= 11 is 5.69. The van der Waals surface area contributed by atoms with Crippen molar-refractivity contribution >= 4 is 17.3 Å². The number of halogens is 3. The van der Waals surface area contributed by atoms with Crippen LogP contribution in [0, 0.1) is 11.6 Å². The molecule has 0 saturated heterocycles. The zero-order chi connectivity index (χ0) is 13.1. The normalized spacial score (nSPS) is 12.2. The van der Waals surface area contributed by atoms with E-state index < -0.39 is 5.82 Å². The van der Waals surface area contributed by atoms with E-state index in [9.17, 15) is 8.78 Å². The van der Waals surface area contributed by atoms with Crippen molar-refractivity contribution in [1.29, 1.82) is 0 Å². The van der Waals surface area contributed by atoms with Gasteiger partial charge >= 0.3 is 0 Å². The van der Waals surface area contributed by atoms with Crippen molar-refractivity contribution in [1.82, 2.24) is 0 Å². The Morgan fingerprint density at radius 3 is 2.56 bits per heavy atom. The van der Waals surface area contributed by atoms with Crippen LogP contribution in [0.3, 0.4) is 0 Å². The Balaban J connectivity index is 2.21. The minimum absolute atomic E-state index is 0.0615. The van der Waals surface area contributed by atoms with E-state index in [1.807, 2.05) is 6.92 Å². The average molecular weight is 268 g/mol. The highest BCUT2D eigenvalue weighted by Gasteiger charge is 2.10. The number of benzene rings is 2. The lowest BCUT2D eigenvalue weighted by Crippen LogP contribution is -2.08. The van der Waals surface area contributed by atoms with Crippen LogP contribution in [-0.2, 0) is 0 Å². The van der Waals surface area contributed by atoms with E-state index in [1.54, 1.807) is 24.3 Å². The van der Waals surface area contributed by atoms with Crippen LogP contribution in [0.15, 0.2) is 42.5 Å². The first-order chi connectivity index (χ1) is 8.58. The Hall–Kier alpha value is -1.61. The van der Waals surface area contributed by atoms with Crippen LogP contribution in [0.4, 0.5) is 14.5 Å². The van der Waals surface area contributed by atoms with Crippen LogP contribution >= 0.6 is 11.6 Å². The van der Waals surface area contributed by atoms with Crippen molar-refractivity contribution in [2.45, 2.75) is 13.0 Å². The molecule has 0 aliphatic carbocycles. The highest BCUT2D eigenvalue weighted by Crippen LogP contribution is 2.26. The van der Waals surface area contributed by atoms with Crippen LogP contribution in [0.1, 0.15) is 18.5 Å². The summed E-state index contributed by atoms with van der Waals surface area (Å²) in [5.74, 6) is -0.810. The maximum Gasteiger partial charge on any atom is 0.164 e. The predicted molar refractivity (Wildman–Crippen MR) is 69.8 cm³/mol. The molecule has 18 heavy (non-hydrogen) atoms. The summed E-state index contributed by atoms with van der Waals surface area (Å²) in [6.07, 6.45) is 0. The summed E-state index contributed by atoms with van der Waals surface area (Å²) in [6.45, 7) is 1.83. The molecule has 2 aromatic rings. The third kappa shape index (κ3) is 2.79. The van der Waals surface area contributed by atoms with Crippen molar-refractivity contribution in [2.24, 2.45) is 0 Å². The van der Waals surface area contributed by atoms with Gasteiger partial charge in [0.05, 0.1) is 10.7 Å². The number of anilines is 1. The third-order valence-electron chi connectivity index (χ3n) is 2.67. The monoisotopic (exact) mass is 267 g/mol. The van der Waals surface area contributed by atoms with Crippen LogP contribution in [-0.4, -0.2) is 0 Å². The Morgan fingerprint density at radius 2 is 1.83 bits per heavy atom. The highest BCUT2D eigenvalue weighted by atomic mass is 35.5. The first kappa shape index (κ1) is 12.8. The third-order valence-corrected chi connectivity index (χ3v) is 2.96. The largest absolute Gasteiger partial charge is 0.376 e. The molecular weight excluding hydrogens is 256 g/mol. The van der Waals surface area contributed by atoms with Crippen molar-refractivity contribution < 1.29 is 8.78 Å².